The van der Waals surface area contributed by atoms with E-state index < -0.39 is 0 Å². The molecule has 29 heavy (non-hydrogen) atoms. The molecule has 3 heterocycles. The first-order chi connectivity index (χ1) is 14.3. The number of hydrogen-bond donors (Lipinski definition) is 3. The number of H-pyrrole nitrogens is 2. The summed E-state index contributed by atoms with van der Waals surface area (Å²) in [6.07, 6.45) is 3.88. The maximum Gasteiger partial charge on any atom is 0.251 e. The van der Waals surface area contributed by atoms with E-state index in [9.17, 15) is 4.79 Å². The Labute approximate surface area is 168 Å². The molecular formula is C23H23N5O. The van der Waals surface area contributed by atoms with Gasteiger partial charge < -0.3 is 15.2 Å². The fraction of sp³-hybridized carbons (Fsp3) is 0.217. The quantitative estimate of drug-likeness (QED) is 0.498. The summed E-state index contributed by atoms with van der Waals surface area (Å²) >= 11 is 0. The Morgan fingerprint density at radius 1 is 1.10 bits per heavy atom. The van der Waals surface area contributed by atoms with Gasteiger partial charge in [0.25, 0.3) is 5.91 Å². The molecule has 1 aliphatic rings. The number of aromatic amines is 2. The van der Waals surface area contributed by atoms with Crippen molar-refractivity contribution in [2.24, 2.45) is 0 Å². The van der Waals surface area contributed by atoms with Gasteiger partial charge in [-0.2, -0.15) is 5.10 Å². The second-order valence-corrected chi connectivity index (χ2v) is 7.54. The van der Waals surface area contributed by atoms with Gasteiger partial charge in [0.1, 0.15) is 0 Å². The molecule has 1 fully saturated rings. The van der Waals surface area contributed by atoms with Crippen LogP contribution in [0.1, 0.15) is 23.2 Å². The fourth-order valence-corrected chi connectivity index (χ4v) is 4.00. The topological polar surface area (TPSA) is 76.8 Å². The molecule has 2 aromatic heterocycles. The highest BCUT2D eigenvalue weighted by Crippen LogP contribution is 2.24. The Morgan fingerprint density at radius 2 is 2.00 bits per heavy atom. The number of nitrogens with one attached hydrogen (secondary N) is 3. The first kappa shape index (κ1) is 17.6. The fourth-order valence-electron chi connectivity index (χ4n) is 4.00. The minimum absolute atomic E-state index is 0.0275. The molecule has 0 radical (unpaired) electrons. The zero-order valence-electron chi connectivity index (χ0n) is 16.1. The van der Waals surface area contributed by atoms with Gasteiger partial charge in [0.05, 0.1) is 5.69 Å². The van der Waals surface area contributed by atoms with E-state index >= 15 is 0 Å². The Morgan fingerprint density at radius 3 is 2.90 bits per heavy atom. The molecule has 1 aliphatic heterocycles. The molecule has 2 aromatic carbocycles. The molecule has 0 aliphatic carbocycles. The Balaban J connectivity index is 1.27. The van der Waals surface area contributed by atoms with Crippen molar-refractivity contribution in [3.63, 3.8) is 0 Å². The molecule has 0 spiro atoms. The molecule has 0 saturated carbocycles. The van der Waals surface area contributed by atoms with Gasteiger partial charge in [0.15, 0.2) is 5.82 Å². The van der Waals surface area contributed by atoms with E-state index in [0.29, 0.717) is 5.56 Å². The Hall–Kier alpha value is -3.54. The smallest absolute Gasteiger partial charge is 0.251 e. The molecule has 1 saturated heterocycles. The monoisotopic (exact) mass is 385 g/mol. The Bertz CT molecular complexity index is 1130. The molecular weight excluding hydrogens is 362 g/mol. The summed E-state index contributed by atoms with van der Waals surface area (Å²) in [5.41, 5.74) is 3.79. The van der Waals surface area contributed by atoms with Crippen molar-refractivity contribution in [2.75, 3.05) is 18.0 Å². The summed E-state index contributed by atoms with van der Waals surface area (Å²) < 4.78 is 0. The lowest BCUT2D eigenvalue weighted by Crippen LogP contribution is -2.48. The van der Waals surface area contributed by atoms with Gasteiger partial charge in [-0.15, -0.1) is 0 Å². The van der Waals surface area contributed by atoms with E-state index in [0.717, 1.165) is 53.9 Å². The highest BCUT2D eigenvalue weighted by molar-refractivity contribution is 5.98. The molecule has 1 atom stereocenters. The average molecular weight is 385 g/mol. The van der Waals surface area contributed by atoms with Crippen LogP contribution in [0.5, 0.6) is 0 Å². The van der Waals surface area contributed by atoms with Gasteiger partial charge in [0, 0.05) is 42.5 Å². The Kier molecular flexibility index (Phi) is 4.52. The van der Waals surface area contributed by atoms with E-state index in [4.69, 9.17) is 0 Å². The number of hydrogen-bond acceptors (Lipinski definition) is 3. The lowest BCUT2D eigenvalue weighted by Gasteiger charge is -2.33. The SMILES string of the molecule is O=C(N[C@@H]1CCCN(c2cc(-c3ccccc3)[nH]n2)C1)c1ccc2cc[nH]c2c1. The number of piperidine rings is 1. The van der Waals surface area contributed by atoms with Crippen molar-refractivity contribution in [2.45, 2.75) is 18.9 Å². The summed E-state index contributed by atoms with van der Waals surface area (Å²) in [5.74, 6) is 0.899. The number of amides is 1. The molecule has 6 heteroatoms. The van der Waals surface area contributed by atoms with Crippen LogP contribution in [0.15, 0.2) is 66.9 Å². The van der Waals surface area contributed by atoms with Crippen molar-refractivity contribution in [3.8, 4) is 11.3 Å². The van der Waals surface area contributed by atoms with Gasteiger partial charge in [-0.3, -0.25) is 9.89 Å². The number of carbonyl (C=O) groups is 1. The van der Waals surface area contributed by atoms with E-state index in [1.54, 1.807) is 0 Å². The second kappa shape index (κ2) is 7.47. The maximum atomic E-state index is 12.7. The third-order valence-corrected chi connectivity index (χ3v) is 5.55. The first-order valence-electron chi connectivity index (χ1n) is 10.00. The minimum atomic E-state index is -0.0275. The largest absolute Gasteiger partial charge is 0.361 e. The van der Waals surface area contributed by atoms with Crippen molar-refractivity contribution in [1.29, 1.82) is 0 Å². The van der Waals surface area contributed by atoms with Crippen LogP contribution in [0.4, 0.5) is 5.82 Å². The van der Waals surface area contributed by atoms with Gasteiger partial charge in [0.2, 0.25) is 0 Å². The van der Waals surface area contributed by atoms with E-state index in [1.807, 2.05) is 48.7 Å². The van der Waals surface area contributed by atoms with Crippen LogP contribution >= 0.6 is 0 Å². The van der Waals surface area contributed by atoms with Crippen molar-refractivity contribution in [3.05, 3.63) is 72.4 Å². The van der Waals surface area contributed by atoms with Crippen LogP contribution in [0, 0.1) is 0 Å². The summed E-state index contributed by atoms with van der Waals surface area (Å²) in [4.78, 5) is 18.1. The lowest BCUT2D eigenvalue weighted by molar-refractivity contribution is 0.0933. The highest BCUT2D eigenvalue weighted by atomic mass is 16.1. The number of carbonyl (C=O) groups excluding carboxylic acids is 1. The number of aromatic nitrogens is 3. The van der Waals surface area contributed by atoms with Crippen LogP contribution in [0.3, 0.4) is 0 Å². The molecule has 6 nitrogen and oxygen atoms in total. The minimum Gasteiger partial charge on any atom is -0.361 e. The number of nitrogens with zero attached hydrogens (tertiary/aromatic N) is 2. The van der Waals surface area contributed by atoms with Crippen molar-refractivity contribution >= 4 is 22.6 Å². The third-order valence-electron chi connectivity index (χ3n) is 5.55. The number of anilines is 1. The van der Waals surface area contributed by atoms with Crippen LogP contribution in [-0.2, 0) is 0 Å². The van der Waals surface area contributed by atoms with E-state index in [2.05, 4.69) is 43.6 Å². The zero-order valence-corrected chi connectivity index (χ0v) is 16.1. The van der Waals surface area contributed by atoms with Gasteiger partial charge in [-0.05, 0) is 42.0 Å². The van der Waals surface area contributed by atoms with Crippen LogP contribution in [0.2, 0.25) is 0 Å². The number of benzene rings is 2. The first-order valence-corrected chi connectivity index (χ1v) is 10.00. The number of rotatable bonds is 4. The lowest BCUT2D eigenvalue weighted by atomic mass is 10.0. The molecule has 0 bridgehead atoms. The van der Waals surface area contributed by atoms with Crippen LogP contribution < -0.4 is 10.2 Å². The van der Waals surface area contributed by atoms with Crippen LogP contribution in [-0.4, -0.2) is 40.2 Å². The summed E-state index contributed by atoms with van der Waals surface area (Å²) in [5, 5.41) is 11.9. The highest BCUT2D eigenvalue weighted by Gasteiger charge is 2.23. The normalized spacial score (nSPS) is 16.8. The maximum absolute atomic E-state index is 12.7. The van der Waals surface area contributed by atoms with Crippen molar-refractivity contribution < 1.29 is 4.79 Å². The van der Waals surface area contributed by atoms with E-state index in [1.165, 1.54) is 0 Å². The molecule has 1 amide bonds. The molecule has 146 valence electrons. The molecule has 0 unspecified atom stereocenters. The summed E-state index contributed by atoms with van der Waals surface area (Å²) in [7, 11) is 0. The third kappa shape index (κ3) is 3.61. The molecule has 5 rings (SSSR count). The predicted octanol–water partition coefficient (Wildman–Crippen LogP) is 3.96. The van der Waals surface area contributed by atoms with E-state index in [-0.39, 0.29) is 11.9 Å². The zero-order chi connectivity index (χ0) is 19.6. The summed E-state index contributed by atoms with van der Waals surface area (Å²) in [6, 6.07) is 20.1. The average Bonchev–Trinajstić information content (AvgIpc) is 3.44. The van der Waals surface area contributed by atoms with Gasteiger partial charge in [-0.1, -0.05) is 36.4 Å². The summed E-state index contributed by atoms with van der Waals surface area (Å²) in [6.45, 7) is 1.70. The number of fused-ring (bicyclic) bond motifs is 1. The molecule has 4 aromatic rings. The van der Waals surface area contributed by atoms with Gasteiger partial charge in [-0.25, -0.2) is 0 Å². The standard InChI is InChI=1S/C23H23N5O/c29-23(18-9-8-17-10-11-24-20(17)13-18)25-19-7-4-12-28(15-19)22-14-21(26-27-22)16-5-2-1-3-6-16/h1-3,5-6,8-11,13-14,19,24H,4,7,12,15H2,(H,25,29)(H,26,27)/t19-/m1/s1. The predicted molar refractivity (Wildman–Crippen MR) is 115 cm³/mol. The van der Waals surface area contributed by atoms with Crippen molar-refractivity contribution in [1.82, 2.24) is 20.5 Å². The second-order valence-electron chi connectivity index (χ2n) is 7.54. The van der Waals surface area contributed by atoms with Crippen LogP contribution in [0.25, 0.3) is 22.2 Å². The van der Waals surface area contributed by atoms with Gasteiger partial charge >= 0.3 is 0 Å². The molecule has 3 N–H and O–H groups in total.